The molecule has 31 heavy (non-hydrogen) atoms. The Hall–Kier alpha value is -1.61. The summed E-state index contributed by atoms with van der Waals surface area (Å²) in [6.45, 7) is 13.2. The Bertz CT molecular complexity index is 679. The molecule has 1 atom stereocenters. The third kappa shape index (κ3) is 13.4. The minimum absolute atomic E-state index is 0.117. The van der Waals surface area contributed by atoms with Crippen LogP contribution >= 0.6 is 0 Å². The molecule has 1 N–H and O–H groups in total. The highest BCUT2D eigenvalue weighted by Crippen LogP contribution is 2.38. The van der Waals surface area contributed by atoms with E-state index in [0.29, 0.717) is 12.5 Å². The zero-order chi connectivity index (χ0) is 23.3. The van der Waals surface area contributed by atoms with E-state index >= 15 is 0 Å². The number of rotatable bonds is 15. The fourth-order valence-electron chi connectivity index (χ4n) is 3.69. The molecular formula is C28H47NO2. The number of hydrogen-bond donors (Lipinski definition) is 1. The monoisotopic (exact) mass is 429 g/mol. The molecule has 0 spiro atoms. The van der Waals surface area contributed by atoms with Crippen LogP contribution in [-0.4, -0.2) is 24.7 Å². The van der Waals surface area contributed by atoms with E-state index in [1.807, 2.05) is 0 Å². The van der Waals surface area contributed by atoms with Gasteiger partial charge in [0, 0.05) is 13.5 Å². The maximum absolute atomic E-state index is 11.3. The van der Waals surface area contributed by atoms with Crippen LogP contribution in [0.15, 0.2) is 46.6 Å². The van der Waals surface area contributed by atoms with Crippen molar-refractivity contribution in [1.29, 1.82) is 0 Å². The van der Waals surface area contributed by atoms with Gasteiger partial charge in [0.2, 0.25) is 5.91 Å². The number of carbonyl (C=O) groups excluding carboxylic acids is 1. The van der Waals surface area contributed by atoms with Crippen molar-refractivity contribution in [3.8, 4) is 0 Å². The standard InChI is InChI=1S/C28H47NO2/c1-22(14-10-16-24(3)18-20-26-28(5,6)31-26)12-8-9-13-23(2)15-11-17-25(4)19-21-27(30)29-7/h12-13,16-17,26H,8-11,14-15,18-21H2,1-7H3,(H,29,30)/b22-12+,23-13+,24-16+,25-17+. The van der Waals surface area contributed by atoms with Gasteiger partial charge >= 0.3 is 0 Å². The number of allylic oxidation sites excluding steroid dienone is 8. The van der Waals surface area contributed by atoms with Crippen molar-refractivity contribution in [3.05, 3.63) is 46.6 Å². The summed E-state index contributed by atoms with van der Waals surface area (Å²) in [6.07, 6.45) is 20.4. The Balaban J connectivity index is 2.15. The molecule has 1 aliphatic rings. The van der Waals surface area contributed by atoms with Gasteiger partial charge in [-0.3, -0.25) is 4.79 Å². The van der Waals surface area contributed by atoms with E-state index in [-0.39, 0.29) is 11.5 Å². The summed E-state index contributed by atoms with van der Waals surface area (Å²) >= 11 is 0. The highest BCUT2D eigenvalue weighted by Gasteiger charge is 2.46. The van der Waals surface area contributed by atoms with Gasteiger partial charge < -0.3 is 10.1 Å². The quantitative estimate of drug-likeness (QED) is 0.165. The van der Waals surface area contributed by atoms with Crippen molar-refractivity contribution in [2.24, 2.45) is 0 Å². The first-order valence-electron chi connectivity index (χ1n) is 12.1. The Morgan fingerprint density at radius 2 is 1.16 bits per heavy atom. The molecule has 1 aliphatic heterocycles. The van der Waals surface area contributed by atoms with Gasteiger partial charge in [-0.05, 0) is 99.3 Å². The zero-order valence-corrected chi connectivity index (χ0v) is 21.3. The molecule has 0 aromatic carbocycles. The van der Waals surface area contributed by atoms with E-state index in [9.17, 15) is 4.79 Å². The first-order valence-corrected chi connectivity index (χ1v) is 12.1. The van der Waals surface area contributed by atoms with Crippen molar-refractivity contribution >= 4 is 5.91 Å². The minimum Gasteiger partial charge on any atom is -0.367 e. The van der Waals surface area contributed by atoms with Crippen molar-refractivity contribution in [3.63, 3.8) is 0 Å². The van der Waals surface area contributed by atoms with E-state index in [4.69, 9.17) is 4.74 Å². The van der Waals surface area contributed by atoms with Gasteiger partial charge in [0.25, 0.3) is 0 Å². The molecule has 0 aromatic rings. The van der Waals surface area contributed by atoms with Crippen LogP contribution in [0.1, 0.15) is 106 Å². The summed E-state index contributed by atoms with van der Waals surface area (Å²) < 4.78 is 5.67. The van der Waals surface area contributed by atoms with Gasteiger partial charge in [-0.1, -0.05) is 46.6 Å². The third-order valence-electron chi connectivity index (χ3n) is 6.21. The predicted octanol–water partition coefficient (Wildman–Crippen LogP) is 7.60. The number of carbonyl (C=O) groups is 1. The van der Waals surface area contributed by atoms with Gasteiger partial charge in [0.15, 0.2) is 0 Å². The van der Waals surface area contributed by atoms with Gasteiger partial charge in [-0.15, -0.1) is 0 Å². The molecule has 0 bridgehead atoms. The van der Waals surface area contributed by atoms with Crippen LogP contribution in [0, 0.1) is 0 Å². The summed E-state index contributed by atoms with van der Waals surface area (Å²) in [5.41, 5.74) is 5.88. The first-order chi connectivity index (χ1) is 14.6. The first kappa shape index (κ1) is 27.4. The molecule has 1 saturated heterocycles. The van der Waals surface area contributed by atoms with E-state index in [0.717, 1.165) is 57.8 Å². The average molecular weight is 430 g/mol. The van der Waals surface area contributed by atoms with Crippen LogP contribution in [0.25, 0.3) is 0 Å². The van der Waals surface area contributed by atoms with Crippen molar-refractivity contribution in [2.45, 2.75) is 117 Å². The number of nitrogens with one attached hydrogen (secondary N) is 1. The van der Waals surface area contributed by atoms with Gasteiger partial charge in [0.1, 0.15) is 0 Å². The smallest absolute Gasteiger partial charge is 0.220 e. The summed E-state index contributed by atoms with van der Waals surface area (Å²) in [7, 11) is 1.69. The van der Waals surface area contributed by atoms with Crippen LogP contribution in [-0.2, 0) is 9.53 Å². The Labute approximate surface area is 192 Å². The van der Waals surface area contributed by atoms with Crippen LogP contribution < -0.4 is 5.32 Å². The molecular weight excluding hydrogens is 382 g/mol. The third-order valence-corrected chi connectivity index (χ3v) is 6.21. The SMILES string of the molecule is CNC(=O)CC/C(C)=C/CC/C(C)=C/CC/C=C(\C)CC/C=C(\C)CCC1OC1(C)C. The van der Waals surface area contributed by atoms with Crippen LogP contribution in [0.2, 0.25) is 0 Å². The summed E-state index contributed by atoms with van der Waals surface area (Å²) in [6, 6.07) is 0. The molecule has 1 fully saturated rings. The average Bonchev–Trinajstić information content (AvgIpc) is 3.34. The summed E-state index contributed by atoms with van der Waals surface area (Å²) in [5, 5.41) is 2.67. The van der Waals surface area contributed by atoms with Crippen LogP contribution in [0.3, 0.4) is 0 Å². The van der Waals surface area contributed by atoms with E-state index in [2.05, 4.69) is 71.2 Å². The maximum Gasteiger partial charge on any atom is 0.220 e. The lowest BCUT2D eigenvalue weighted by Crippen LogP contribution is -2.16. The minimum atomic E-state index is 0.117. The number of hydrogen-bond acceptors (Lipinski definition) is 2. The molecule has 176 valence electrons. The van der Waals surface area contributed by atoms with E-state index in [1.54, 1.807) is 7.05 Å². The van der Waals surface area contributed by atoms with E-state index < -0.39 is 0 Å². The number of epoxide rings is 1. The van der Waals surface area contributed by atoms with Crippen LogP contribution in [0.5, 0.6) is 0 Å². The second-order valence-corrected chi connectivity index (χ2v) is 9.78. The molecule has 1 heterocycles. The molecule has 0 saturated carbocycles. The lowest BCUT2D eigenvalue weighted by molar-refractivity contribution is -0.120. The summed E-state index contributed by atoms with van der Waals surface area (Å²) in [5.74, 6) is 0.117. The Morgan fingerprint density at radius 1 is 0.742 bits per heavy atom. The van der Waals surface area contributed by atoms with Gasteiger partial charge in [-0.2, -0.15) is 0 Å². The lowest BCUT2D eigenvalue weighted by atomic mass is 10.0. The molecule has 0 aliphatic carbocycles. The zero-order valence-electron chi connectivity index (χ0n) is 21.3. The number of amides is 1. The Morgan fingerprint density at radius 3 is 1.61 bits per heavy atom. The van der Waals surface area contributed by atoms with Gasteiger partial charge in [0.05, 0.1) is 11.7 Å². The maximum atomic E-state index is 11.3. The normalized spacial score (nSPS) is 19.5. The Kier molecular flexibility index (Phi) is 12.8. The molecule has 0 radical (unpaired) electrons. The molecule has 1 unspecified atom stereocenters. The lowest BCUT2D eigenvalue weighted by Gasteiger charge is -2.03. The number of unbranched alkanes of at least 4 members (excludes halogenated alkanes) is 1. The highest BCUT2D eigenvalue weighted by molar-refractivity contribution is 5.75. The topological polar surface area (TPSA) is 41.6 Å². The molecule has 0 aromatic heterocycles. The largest absolute Gasteiger partial charge is 0.367 e. The van der Waals surface area contributed by atoms with Crippen LogP contribution in [0.4, 0.5) is 0 Å². The van der Waals surface area contributed by atoms with Crippen molar-refractivity contribution < 1.29 is 9.53 Å². The molecule has 1 rings (SSSR count). The fourth-order valence-corrected chi connectivity index (χ4v) is 3.69. The van der Waals surface area contributed by atoms with Crippen molar-refractivity contribution in [2.75, 3.05) is 7.05 Å². The van der Waals surface area contributed by atoms with E-state index in [1.165, 1.54) is 22.3 Å². The molecule has 3 nitrogen and oxygen atoms in total. The highest BCUT2D eigenvalue weighted by atomic mass is 16.6. The number of ether oxygens (including phenoxy) is 1. The predicted molar refractivity (Wildman–Crippen MR) is 134 cm³/mol. The second-order valence-electron chi connectivity index (χ2n) is 9.78. The second kappa shape index (κ2) is 14.5. The summed E-state index contributed by atoms with van der Waals surface area (Å²) in [4.78, 5) is 11.3. The van der Waals surface area contributed by atoms with Crippen molar-refractivity contribution in [1.82, 2.24) is 5.32 Å². The molecule has 3 heteroatoms. The van der Waals surface area contributed by atoms with Gasteiger partial charge in [-0.25, -0.2) is 0 Å². The fraction of sp³-hybridized carbons (Fsp3) is 0.679. The molecule has 1 amide bonds.